The minimum Gasteiger partial charge on any atom is -0.294 e. The molecule has 1 aromatic carbocycles. The van der Waals surface area contributed by atoms with Crippen LogP contribution in [0.15, 0.2) is 30.5 Å². The van der Waals surface area contributed by atoms with Crippen LogP contribution in [0, 0.1) is 6.92 Å². The molecule has 0 amide bonds. The number of Topliss-reactive ketones (excluding diaryl/α,β-unsaturated/α-hetero) is 1. The number of hydrogen-bond donors (Lipinski definition) is 0. The fourth-order valence-corrected chi connectivity index (χ4v) is 2.18. The average Bonchev–Trinajstić information content (AvgIpc) is 2.71. The first kappa shape index (κ1) is 10.1. The number of aryl methyl sites for hydroxylation is 2. The Bertz CT molecular complexity index is 605. The molecule has 0 N–H and O–H groups in total. The molecule has 3 rings (SSSR count). The van der Waals surface area contributed by atoms with Crippen molar-refractivity contribution in [1.29, 1.82) is 0 Å². The van der Waals surface area contributed by atoms with Gasteiger partial charge in [0.05, 0.1) is 0 Å². The van der Waals surface area contributed by atoms with Gasteiger partial charge >= 0.3 is 0 Å². The summed E-state index contributed by atoms with van der Waals surface area (Å²) in [5.74, 6) is 0.976. The molecule has 0 aliphatic heterocycles. The van der Waals surface area contributed by atoms with E-state index in [0.29, 0.717) is 6.42 Å². The zero-order valence-electron chi connectivity index (χ0n) is 9.60. The van der Waals surface area contributed by atoms with Crippen LogP contribution in [-0.2, 0) is 6.42 Å². The maximum absolute atomic E-state index is 11.5. The Hall–Kier alpha value is -2.03. The van der Waals surface area contributed by atoms with Crippen LogP contribution >= 0.6 is 0 Å². The lowest BCUT2D eigenvalue weighted by Crippen LogP contribution is -1.94. The van der Waals surface area contributed by atoms with Gasteiger partial charge < -0.3 is 0 Å². The highest BCUT2D eigenvalue weighted by Gasteiger charge is 2.19. The van der Waals surface area contributed by atoms with E-state index in [1.807, 2.05) is 31.2 Å². The lowest BCUT2D eigenvalue weighted by Gasteiger charge is -2.03. The van der Waals surface area contributed by atoms with E-state index in [2.05, 4.69) is 9.97 Å². The van der Waals surface area contributed by atoms with Crippen LogP contribution in [0.3, 0.4) is 0 Å². The highest BCUT2D eigenvalue weighted by molar-refractivity contribution is 6.00. The lowest BCUT2D eigenvalue weighted by molar-refractivity contribution is 0.0994. The van der Waals surface area contributed by atoms with Gasteiger partial charge in [0.1, 0.15) is 0 Å². The smallest absolute Gasteiger partial charge is 0.163 e. The van der Waals surface area contributed by atoms with Gasteiger partial charge in [0, 0.05) is 29.4 Å². The van der Waals surface area contributed by atoms with E-state index in [-0.39, 0.29) is 5.78 Å². The molecule has 0 spiro atoms. The quantitative estimate of drug-likeness (QED) is 0.747. The summed E-state index contributed by atoms with van der Waals surface area (Å²) in [5.41, 5.74) is 3.92. The molecule has 1 aliphatic rings. The molecular formula is C14H12N2O. The predicted octanol–water partition coefficient (Wildman–Crippen LogP) is 2.58. The fourth-order valence-electron chi connectivity index (χ4n) is 2.18. The summed E-state index contributed by atoms with van der Waals surface area (Å²) in [4.78, 5) is 20.2. The van der Waals surface area contributed by atoms with Crippen molar-refractivity contribution in [2.45, 2.75) is 19.8 Å². The zero-order chi connectivity index (χ0) is 11.8. The zero-order valence-corrected chi connectivity index (χ0v) is 9.60. The van der Waals surface area contributed by atoms with E-state index in [1.54, 1.807) is 6.20 Å². The third-order valence-electron chi connectivity index (χ3n) is 3.08. The predicted molar refractivity (Wildman–Crippen MR) is 64.9 cm³/mol. The minimum atomic E-state index is 0.247. The number of benzene rings is 1. The number of hydrogen-bond acceptors (Lipinski definition) is 3. The molecular weight excluding hydrogens is 212 g/mol. The topological polar surface area (TPSA) is 42.9 Å². The molecule has 84 valence electrons. The van der Waals surface area contributed by atoms with Crippen LogP contribution in [0.25, 0.3) is 11.4 Å². The van der Waals surface area contributed by atoms with Crippen LogP contribution in [0.1, 0.15) is 28.0 Å². The van der Waals surface area contributed by atoms with Crippen molar-refractivity contribution in [3.63, 3.8) is 0 Å². The van der Waals surface area contributed by atoms with Crippen molar-refractivity contribution >= 4 is 5.78 Å². The molecule has 0 fully saturated rings. The van der Waals surface area contributed by atoms with Gasteiger partial charge in [-0.05, 0) is 31.0 Å². The molecule has 3 heteroatoms. The molecule has 0 saturated heterocycles. The number of ketones is 1. The summed E-state index contributed by atoms with van der Waals surface area (Å²) >= 11 is 0. The molecule has 1 aromatic heterocycles. The number of fused-ring (bicyclic) bond motifs is 1. The summed E-state index contributed by atoms with van der Waals surface area (Å²) < 4.78 is 0. The molecule has 2 aromatic rings. The van der Waals surface area contributed by atoms with Crippen molar-refractivity contribution in [1.82, 2.24) is 9.97 Å². The van der Waals surface area contributed by atoms with Gasteiger partial charge in [-0.25, -0.2) is 9.97 Å². The van der Waals surface area contributed by atoms with Gasteiger partial charge in [0.2, 0.25) is 0 Å². The van der Waals surface area contributed by atoms with Gasteiger partial charge in [-0.2, -0.15) is 0 Å². The largest absolute Gasteiger partial charge is 0.294 e. The van der Waals surface area contributed by atoms with Crippen molar-refractivity contribution in [2.24, 2.45) is 0 Å². The molecule has 1 aliphatic carbocycles. The summed E-state index contributed by atoms with van der Waals surface area (Å²) in [5, 5.41) is 0. The van der Waals surface area contributed by atoms with Crippen LogP contribution in [0.2, 0.25) is 0 Å². The highest BCUT2D eigenvalue weighted by Crippen LogP contribution is 2.26. The van der Waals surface area contributed by atoms with E-state index in [9.17, 15) is 4.79 Å². The Morgan fingerprint density at radius 1 is 1.18 bits per heavy atom. The highest BCUT2D eigenvalue weighted by atomic mass is 16.1. The normalized spacial score (nSPS) is 13.8. The van der Waals surface area contributed by atoms with Crippen LogP contribution in [0.4, 0.5) is 0 Å². The second kappa shape index (κ2) is 3.77. The number of aromatic nitrogens is 2. The first-order chi connectivity index (χ1) is 8.24. The minimum absolute atomic E-state index is 0.247. The molecule has 0 bridgehead atoms. The standard InChI is InChI=1S/C14H12N2O/c1-9-6-7-15-14(16-9)11-2-4-12-10(8-11)3-5-13(12)17/h2,4,6-8H,3,5H2,1H3. The Morgan fingerprint density at radius 3 is 2.88 bits per heavy atom. The van der Waals surface area contributed by atoms with Crippen LogP contribution < -0.4 is 0 Å². The van der Waals surface area contributed by atoms with Crippen molar-refractivity contribution < 1.29 is 4.79 Å². The van der Waals surface area contributed by atoms with E-state index >= 15 is 0 Å². The number of carbonyl (C=O) groups excluding carboxylic acids is 1. The Labute approximate surface area is 99.5 Å². The van der Waals surface area contributed by atoms with Gasteiger partial charge in [0.15, 0.2) is 11.6 Å². The summed E-state index contributed by atoms with van der Waals surface area (Å²) in [7, 11) is 0. The second-order valence-electron chi connectivity index (χ2n) is 4.32. The van der Waals surface area contributed by atoms with Gasteiger partial charge in [-0.3, -0.25) is 4.79 Å². The van der Waals surface area contributed by atoms with E-state index < -0.39 is 0 Å². The van der Waals surface area contributed by atoms with E-state index in [4.69, 9.17) is 0 Å². The molecule has 17 heavy (non-hydrogen) atoms. The third kappa shape index (κ3) is 1.73. The Kier molecular flexibility index (Phi) is 2.25. The maximum Gasteiger partial charge on any atom is 0.163 e. The van der Waals surface area contributed by atoms with Crippen LogP contribution in [-0.4, -0.2) is 15.8 Å². The maximum atomic E-state index is 11.5. The lowest BCUT2D eigenvalue weighted by atomic mass is 10.1. The first-order valence-corrected chi connectivity index (χ1v) is 5.70. The van der Waals surface area contributed by atoms with Crippen molar-refractivity contribution in [3.8, 4) is 11.4 Å². The third-order valence-corrected chi connectivity index (χ3v) is 3.08. The monoisotopic (exact) mass is 224 g/mol. The molecule has 0 radical (unpaired) electrons. The molecule has 3 nitrogen and oxygen atoms in total. The number of rotatable bonds is 1. The number of nitrogens with zero attached hydrogens (tertiary/aromatic N) is 2. The average molecular weight is 224 g/mol. The molecule has 0 unspecified atom stereocenters. The Balaban J connectivity index is 2.09. The first-order valence-electron chi connectivity index (χ1n) is 5.70. The fraction of sp³-hybridized carbons (Fsp3) is 0.214. The van der Waals surface area contributed by atoms with E-state index in [1.165, 1.54) is 0 Å². The SMILES string of the molecule is Cc1ccnc(-c2ccc3c(c2)CCC3=O)n1. The van der Waals surface area contributed by atoms with E-state index in [0.717, 1.165) is 34.6 Å². The van der Waals surface area contributed by atoms with Gasteiger partial charge in [0.25, 0.3) is 0 Å². The molecule has 0 saturated carbocycles. The van der Waals surface area contributed by atoms with Crippen LogP contribution in [0.5, 0.6) is 0 Å². The van der Waals surface area contributed by atoms with Gasteiger partial charge in [-0.15, -0.1) is 0 Å². The molecule has 0 atom stereocenters. The summed E-state index contributed by atoms with van der Waals surface area (Å²) in [6.45, 7) is 1.95. The summed E-state index contributed by atoms with van der Waals surface area (Å²) in [6, 6.07) is 7.73. The molecule has 1 heterocycles. The van der Waals surface area contributed by atoms with Crippen molar-refractivity contribution in [3.05, 3.63) is 47.3 Å². The second-order valence-corrected chi connectivity index (χ2v) is 4.32. The summed E-state index contributed by atoms with van der Waals surface area (Å²) in [6.07, 6.45) is 3.23. The Morgan fingerprint density at radius 2 is 2.06 bits per heavy atom. The van der Waals surface area contributed by atoms with Crippen molar-refractivity contribution in [2.75, 3.05) is 0 Å². The number of carbonyl (C=O) groups is 1. The van der Waals surface area contributed by atoms with Gasteiger partial charge in [-0.1, -0.05) is 12.1 Å².